The SMILES string of the molecule is c1ccc(-c2nc(-c3ccc(-c4cc5ccccc5s4)cc3)nc(-c3ccc4oc5ccccc5c4c3)n2)cc1. The number of aromatic nitrogens is 3. The molecule has 0 saturated heterocycles. The number of hydrogen-bond acceptors (Lipinski definition) is 5. The summed E-state index contributed by atoms with van der Waals surface area (Å²) in [5, 5.41) is 3.39. The highest BCUT2D eigenvalue weighted by Crippen LogP contribution is 2.35. The minimum Gasteiger partial charge on any atom is -0.456 e. The number of hydrogen-bond donors (Lipinski definition) is 0. The van der Waals surface area contributed by atoms with Crippen LogP contribution in [0.25, 0.3) is 76.6 Å². The molecule has 0 aliphatic heterocycles. The third-order valence-corrected chi connectivity index (χ3v) is 8.32. The molecule has 3 aromatic heterocycles. The summed E-state index contributed by atoms with van der Waals surface area (Å²) in [5.41, 5.74) is 5.71. The van der Waals surface area contributed by atoms with Gasteiger partial charge < -0.3 is 4.42 Å². The van der Waals surface area contributed by atoms with Crippen LogP contribution in [0.5, 0.6) is 0 Å². The molecule has 8 aromatic rings. The fourth-order valence-corrected chi connectivity index (χ4v) is 6.19. The molecular formula is C35H21N3OS. The first-order valence-corrected chi connectivity index (χ1v) is 13.9. The highest BCUT2D eigenvalue weighted by atomic mass is 32.1. The first-order chi connectivity index (χ1) is 19.8. The maximum absolute atomic E-state index is 6.04. The van der Waals surface area contributed by atoms with Crippen LogP contribution < -0.4 is 0 Å². The van der Waals surface area contributed by atoms with Gasteiger partial charge in [0.1, 0.15) is 11.2 Å². The molecule has 0 unspecified atom stereocenters. The lowest BCUT2D eigenvalue weighted by atomic mass is 10.1. The average molecular weight is 532 g/mol. The number of rotatable bonds is 4. The lowest BCUT2D eigenvalue weighted by Crippen LogP contribution is -2.00. The summed E-state index contributed by atoms with van der Waals surface area (Å²) in [6, 6.07) is 43.5. The Labute approximate surface area is 234 Å². The lowest BCUT2D eigenvalue weighted by molar-refractivity contribution is 0.669. The first-order valence-electron chi connectivity index (χ1n) is 13.1. The fraction of sp³-hybridized carbons (Fsp3) is 0. The van der Waals surface area contributed by atoms with Crippen molar-refractivity contribution in [2.45, 2.75) is 0 Å². The van der Waals surface area contributed by atoms with E-state index in [0.717, 1.165) is 38.6 Å². The molecule has 0 saturated carbocycles. The molecule has 0 bridgehead atoms. The summed E-state index contributed by atoms with van der Waals surface area (Å²) >= 11 is 1.80. The van der Waals surface area contributed by atoms with Crippen molar-refractivity contribution in [2.75, 3.05) is 0 Å². The molecule has 0 spiro atoms. The molecule has 3 heterocycles. The Morgan fingerprint density at radius 2 is 1.05 bits per heavy atom. The van der Waals surface area contributed by atoms with E-state index in [1.807, 2.05) is 60.7 Å². The second-order valence-corrected chi connectivity index (χ2v) is 10.8. The number of furan rings is 1. The van der Waals surface area contributed by atoms with Crippen LogP contribution in [0.1, 0.15) is 0 Å². The van der Waals surface area contributed by atoms with Crippen molar-refractivity contribution in [3.05, 3.63) is 127 Å². The van der Waals surface area contributed by atoms with E-state index in [1.165, 1.54) is 20.5 Å². The minimum absolute atomic E-state index is 0.629. The molecule has 0 N–H and O–H groups in total. The average Bonchev–Trinajstić information content (AvgIpc) is 3.63. The highest BCUT2D eigenvalue weighted by Gasteiger charge is 2.15. The summed E-state index contributed by atoms with van der Waals surface area (Å²) in [6.45, 7) is 0. The zero-order valence-electron chi connectivity index (χ0n) is 21.3. The van der Waals surface area contributed by atoms with Crippen LogP contribution in [0.3, 0.4) is 0 Å². The number of fused-ring (bicyclic) bond motifs is 4. The molecule has 8 rings (SSSR count). The van der Waals surface area contributed by atoms with Crippen molar-refractivity contribution >= 4 is 43.4 Å². The zero-order chi connectivity index (χ0) is 26.5. The van der Waals surface area contributed by atoms with E-state index in [-0.39, 0.29) is 0 Å². The molecule has 5 aromatic carbocycles. The van der Waals surface area contributed by atoms with Gasteiger partial charge in [0, 0.05) is 37.0 Å². The standard InChI is InChI=1S/C35H21N3OS/c1-2-8-23(9-3-1)33-36-34(24-16-14-22(15-17-24)32-21-25-10-4-7-13-31(25)40-32)38-35(37-33)26-18-19-30-28(20-26)27-11-5-6-12-29(27)39-30/h1-21H. The molecule has 0 amide bonds. The van der Waals surface area contributed by atoms with Crippen molar-refractivity contribution in [3.63, 3.8) is 0 Å². The summed E-state index contributed by atoms with van der Waals surface area (Å²) in [7, 11) is 0. The Balaban J connectivity index is 1.25. The minimum atomic E-state index is 0.629. The fourth-order valence-electron chi connectivity index (χ4n) is 5.12. The molecule has 0 atom stereocenters. The monoisotopic (exact) mass is 531 g/mol. The van der Waals surface area contributed by atoms with Crippen molar-refractivity contribution < 1.29 is 4.42 Å². The number of nitrogens with zero attached hydrogens (tertiary/aromatic N) is 3. The van der Waals surface area contributed by atoms with Gasteiger partial charge >= 0.3 is 0 Å². The summed E-state index contributed by atoms with van der Waals surface area (Å²) < 4.78 is 7.33. The Morgan fingerprint density at radius 1 is 0.450 bits per heavy atom. The van der Waals surface area contributed by atoms with Gasteiger partial charge in [0.15, 0.2) is 17.5 Å². The third-order valence-electron chi connectivity index (χ3n) is 7.16. The Kier molecular flexibility index (Phi) is 5.28. The predicted octanol–water partition coefficient (Wildman–Crippen LogP) is 9.65. The van der Waals surface area contributed by atoms with Crippen LogP contribution in [0.15, 0.2) is 132 Å². The van der Waals surface area contributed by atoms with Gasteiger partial charge in [-0.05, 0) is 47.3 Å². The molecule has 188 valence electrons. The van der Waals surface area contributed by atoms with Crippen LogP contribution >= 0.6 is 11.3 Å². The molecule has 0 radical (unpaired) electrons. The van der Waals surface area contributed by atoms with E-state index in [2.05, 4.69) is 66.7 Å². The van der Waals surface area contributed by atoms with Crippen LogP contribution in [0.2, 0.25) is 0 Å². The van der Waals surface area contributed by atoms with Gasteiger partial charge in [0.2, 0.25) is 0 Å². The number of para-hydroxylation sites is 1. The number of thiophene rings is 1. The number of benzene rings is 5. The molecule has 0 aliphatic rings. The predicted molar refractivity (Wildman–Crippen MR) is 164 cm³/mol. The van der Waals surface area contributed by atoms with Crippen molar-refractivity contribution in [1.82, 2.24) is 15.0 Å². The van der Waals surface area contributed by atoms with E-state index in [1.54, 1.807) is 11.3 Å². The lowest BCUT2D eigenvalue weighted by Gasteiger charge is -2.09. The zero-order valence-corrected chi connectivity index (χ0v) is 22.1. The summed E-state index contributed by atoms with van der Waals surface area (Å²) in [4.78, 5) is 16.0. The molecule has 0 aliphatic carbocycles. The molecule has 40 heavy (non-hydrogen) atoms. The van der Waals surface area contributed by atoms with Crippen LogP contribution in [-0.4, -0.2) is 15.0 Å². The largest absolute Gasteiger partial charge is 0.456 e. The second kappa shape index (κ2) is 9.26. The topological polar surface area (TPSA) is 51.8 Å². The van der Waals surface area contributed by atoms with E-state index in [9.17, 15) is 0 Å². The maximum Gasteiger partial charge on any atom is 0.164 e. The van der Waals surface area contributed by atoms with Crippen molar-refractivity contribution in [1.29, 1.82) is 0 Å². The summed E-state index contributed by atoms with van der Waals surface area (Å²) in [6.07, 6.45) is 0. The Morgan fingerprint density at radius 3 is 1.85 bits per heavy atom. The smallest absolute Gasteiger partial charge is 0.164 e. The van der Waals surface area contributed by atoms with Crippen LogP contribution in [-0.2, 0) is 0 Å². The van der Waals surface area contributed by atoms with E-state index < -0.39 is 0 Å². The van der Waals surface area contributed by atoms with Gasteiger partial charge in [-0.25, -0.2) is 15.0 Å². The van der Waals surface area contributed by atoms with Crippen LogP contribution in [0, 0.1) is 0 Å². The van der Waals surface area contributed by atoms with Crippen molar-refractivity contribution in [3.8, 4) is 44.6 Å². The normalized spacial score (nSPS) is 11.5. The summed E-state index contributed by atoms with van der Waals surface area (Å²) in [5.74, 6) is 1.92. The van der Waals surface area contributed by atoms with Gasteiger partial charge in [-0.3, -0.25) is 0 Å². The third kappa shape index (κ3) is 3.96. The highest BCUT2D eigenvalue weighted by molar-refractivity contribution is 7.22. The quantitative estimate of drug-likeness (QED) is 0.227. The molecular weight excluding hydrogens is 510 g/mol. The van der Waals surface area contributed by atoms with Gasteiger partial charge in [-0.1, -0.05) is 91.0 Å². The molecule has 4 nitrogen and oxygen atoms in total. The van der Waals surface area contributed by atoms with E-state index in [4.69, 9.17) is 19.4 Å². The molecule has 5 heteroatoms. The second-order valence-electron chi connectivity index (χ2n) is 9.71. The van der Waals surface area contributed by atoms with Gasteiger partial charge in [-0.15, -0.1) is 11.3 Å². The first kappa shape index (κ1) is 22.8. The maximum atomic E-state index is 6.04. The Bertz CT molecular complexity index is 2130. The van der Waals surface area contributed by atoms with E-state index in [0.29, 0.717) is 17.5 Å². The van der Waals surface area contributed by atoms with E-state index >= 15 is 0 Å². The van der Waals surface area contributed by atoms with Crippen LogP contribution in [0.4, 0.5) is 0 Å². The van der Waals surface area contributed by atoms with Gasteiger partial charge in [0.25, 0.3) is 0 Å². The molecule has 0 fully saturated rings. The van der Waals surface area contributed by atoms with Gasteiger partial charge in [0.05, 0.1) is 0 Å². The van der Waals surface area contributed by atoms with Gasteiger partial charge in [-0.2, -0.15) is 0 Å². The van der Waals surface area contributed by atoms with Crippen molar-refractivity contribution in [2.24, 2.45) is 0 Å². The Hall–Kier alpha value is -5.13.